The molecule has 0 unspecified atom stereocenters. The molecule has 0 atom stereocenters. The SMILES string of the molecule is O=Cc1cccc(C2(CO)CCC2)c1. The van der Waals surface area contributed by atoms with Crippen molar-refractivity contribution in [1.29, 1.82) is 0 Å². The molecule has 0 aliphatic heterocycles. The lowest BCUT2D eigenvalue weighted by Crippen LogP contribution is -2.37. The number of aldehydes is 1. The Morgan fingerprint density at radius 2 is 2.21 bits per heavy atom. The zero-order valence-electron chi connectivity index (χ0n) is 8.07. The van der Waals surface area contributed by atoms with E-state index >= 15 is 0 Å². The van der Waals surface area contributed by atoms with Gasteiger partial charge < -0.3 is 5.11 Å². The van der Waals surface area contributed by atoms with E-state index in [1.165, 1.54) is 6.42 Å². The van der Waals surface area contributed by atoms with Crippen LogP contribution in [0.15, 0.2) is 24.3 Å². The quantitative estimate of drug-likeness (QED) is 0.739. The molecule has 0 heterocycles. The first-order chi connectivity index (χ1) is 6.80. The smallest absolute Gasteiger partial charge is 0.150 e. The van der Waals surface area contributed by atoms with E-state index in [0.717, 1.165) is 24.7 Å². The molecule has 0 radical (unpaired) electrons. The van der Waals surface area contributed by atoms with Gasteiger partial charge in [0.25, 0.3) is 0 Å². The first-order valence-corrected chi connectivity index (χ1v) is 4.97. The van der Waals surface area contributed by atoms with Crippen LogP contribution in [-0.2, 0) is 5.41 Å². The van der Waals surface area contributed by atoms with Crippen molar-refractivity contribution in [1.82, 2.24) is 0 Å². The van der Waals surface area contributed by atoms with Gasteiger partial charge in [-0.25, -0.2) is 0 Å². The van der Waals surface area contributed by atoms with Gasteiger partial charge in [0, 0.05) is 11.0 Å². The van der Waals surface area contributed by atoms with Crippen LogP contribution in [0.3, 0.4) is 0 Å². The van der Waals surface area contributed by atoms with Crippen LogP contribution in [0.4, 0.5) is 0 Å². The first kappa shape index (κ1) is 9.41. The van der Waals surface area contributed by atoms with E-state index in [1.54, 1.807) is 6.07 Å². The fourth-order valence-corrected chi connectivity index (χ4v) is 2.08. The average molecular weight is 190 g/mol. The molecule has 0 aromatic heterocycles. The van der Waals surface area contributed by atoms with Crippen LogP contribution in [0.2, 0.25) is 0 Å². The zero-order valence-corrected chi connectivity index (χ0v) is 8.07. The molecule has 1 saturated carbocycles. The maximum absolute atomic E-state index is 10.6. The predicted octanol–water partition coefficient (Wildman–Crippen LogP) is 1.91. The second kappa shape index (κ2) is 3.54. The summed E-state index contributed by atoms with van der Waals surface area (Å²) in [6.45, 7) is 0.190. The molecule has 74 valence electrons. The number of hydrogen-bond acceptors (Lipinski definition) is 2. The number of hydrogen-bond donors (Lipinski definition) is 1. The molecule has 1 aromatic rings. The van der Waals surface area contributed by atoms with Gasteiger partial charge in [0.2, 0.25) is 0 Å². The fraction of sp³-hybridized carbons (Fsp3) is 0.417. The van der Waals surface area contributed by atoms with E-state index in [9.17, 15) is 9.90 Å². The van der Waals surface area contributed by atoms with Crippen molar-refractivity contribution in [2.45, 2.75) is 24.7 Å². The Morgan fingerprint density at radius 3 is 2.71 bits per heavy atom. The highest BCUT2D eigenvalue weighted by molar-refractivity contribution is 5.75. The number of rotatable bonds is 3. The lowest BCUT2D eigenvalue weighted by molar-refractivity contribution is 0.111. The summed E-state index contributed by atoms with van der Waals surface area (Å²) in [5.41, 5.74) is 1.75. The number of carbonyl (C=O) groups is 1. The molecule has 2 heteroatoms. The summed E-state index contributed by atoms with van der Waals surface area (Å²) < 4.78 is 0. The Kier molecular flexibility index (Phi) is 2.38. The van der Waals surface area contributed by atoms with Crippen LogP contribution in [0.5, 0.6) is 0 Å². The summed E-state index contributed by atoms with van der Waals surface area (Å²) in [6, 6.07) is 7.57. The second-order valence-corrected chi connectivity index (χ2v) is 4.04. The molecular formula is C12H14O2. The molecule has 1 N–H and O–H groups in total. The van der Waals surface area contributed by atoms with Crippen LogP contribution in [-0.4, -0.2) is 18.0 Å². The molecule has 1 aliphatic carbocycles. The van der Waals surface area contributed by atoms with E-state index in [1.807, 2.05) is 18.2 Å². The van der Waals surface area contributed by atoms with E-state index < -0.39 is 0 Å². The fourth-order valence-electron chi connectivity index (χ4n) is 2.08. The number of aliphatic hydroxyl groups is 1. The summed E-state index contributed by atoms with van der Waals surface area (Å²) >= 11 is 0. The van der Waals surface area contributed by atoms with Gasteiger partial charge in [-0.3, -0.25) is 4.79 Å². The molecule has 1 aromatic carbocycles. The number of aliphatic hydroxyl groups excluding tert-OH is 1. The summed E-state index contributed by atoms with van der Waals surface area (Å²) in [7, 11) is 0. The van der Waals surface area contributed by atoms with Gasteiger partial charge in [0.15, 0.2) is 0 Å². The Balaban J connectivity index is 2.34. The first-order valence-electron chi connectivity index (χ1n) is 4.97. The van der Waals surface area contributed by atoms with Crippen LogP contribution >= 0.6 is 0 Å². The third-order valence-corrected chi connectivity index (χ3v) is 3.25. The van der Waals surface area contributed by atoms with Gasteiger partial charge in [-0.05, 0) is 24.5 Å². The van der Waals surface area contributed by atoms with Gasteiger partial charge in [-0.2, -0.15) is 0 Å². The third-order valence-electron chi connectivity index (χ3n) is 3.25. The maximum Gasteiger partial charge on any atom is 0.150 e. The van der Waals surface area contributed by atoms with E-state index in [2.05, 4.69) is 0 Å². The lowest BCUT2D eigenvalue weighted by atomic mass is 9.65. The number of carbonyl (C=O) groups excluding carboxylic acids is 1. The van der Waals surface area contributed by atoms with Crippen molar-refractivity contribution in [2.75, 3.05) is 6.61 Å². The summed E-state index contributed by atoms with van der Waals surface area (Å²) in [4.78, 5) is 10.6. The summed E-state index contributed by atoms with van der Waals surface area (Å²) in [5.74, 6) is 0. The maximum atomic E-state index is 10.6. The minimum absolute atomic E-state index is 0.0565. The molecule has 0 saturated heterocycles. The minimum Gasteiger partial charge on any atom is -0.395 e. The Labute approximate surface area is 83.6 Å². The van der Waals surface area contributed by atoms with E-state index in [0.29, 0.717) is 5.56 Å². The highest BCUT2D eigenvalue weighted by Gasteiger charge is 2.37. The van der Waals surface area contributed by atoms with Gasteiger partial charge in [0.1, 0.15) is 6.29 Å². The van der Waals surface area contributed by atoms with Crippen molar-refractivity contribution < 1.29 is 9.90 Å². The lowest BCUT2D eigenvalue weighted by Gasteiger charge is -2.41. The van der Waals surface area contributed by atoms with E-state index in [4.69, 9.17) is 0 Å². The Hall–Kier alpha value is -1.15. The summed E-state index contributed by atoms with van der Waals surface area (Å²) in [6.07, 6.45) is 4.09. The third kappa shape index (κ3) is 1.36. The van der Waals surface area contributed by atoms with Crippen LogP contribution in [0, 0.1) is 0 Å². The Bertz CT molecular complexity index is 334. The largest absolute Gasteiger partial charge is 0.395 e. The highest BCUT2D eigenvalue weighted by atomic mass is 16.3. The topological polar surface area (TPSA) is 37.3 Å². The van der Waals surface area contributed by atoms with Crippen LogP contribution in [0.25, 0.3) is 0 Å². The van der Waals surface area contributed by atoms with Crippen LogP contribution in [0.1, 0.15) is 35.2 Å². The van der Waals surface area contributed by atoms with Crippen molar-refractivity contribution in [3.05, 3.63) is 35.4 Å². The normalized spacial score (nSPS) is 18.6. The molecule has 2 nitrogen and oxygen atoms in total. The van der Waals surface area contributed by atoms with Crippen LogP contribution < -0.4 is 0 Å². The van der Waals surface area contributed by atoms with E-state index in [-0.39, 0.29) is 12.0 Å². The standard InChI is InChI=1S/C12H14O2/c13-8-10-3-1-4-11(7-10)12(9-14)5-2-6-12/h1,3-4,7-8,14H,2,5-6,9H2. The molecule has 14 heavy (non-hydrogen) atoms. The Morgan fingerprint density at radius 1 is 1.43 bits per heavy atom. The van der Waals surface area contributed by atoms with Gasteiger partial charge in [-0.15, -0.1) is 0 Å². The summed E-state index contributed by atoms with van der Waals surface area (Å²) in [5, 5.41) is 9.37. The van der Waals surface area contributed by atoms with Crippen molar-refractivity contribution in [3.63, 3.8) is 0 Å². The average Bonchev–Trinajstić information content (AvgIpc) is 2.18. The molecule has 1 aliphatic rings. The predicted molar refractivity (Wildman–Crippen MR) is 54.4 cm³/mol. The van der Waals surface area contributed by atoms with Crippen molar-refractivity contribution in [3.8, 4) is 0 Å². The molecule has 0 spiro atoms. The second-order valence-electron chi connectivity index (χ2n) is 4.04. The molecular weight excluding hydrogens is 176 g/mol. The zero-order chi connectivity index (χ0) is 10.0. The molecule has 2 rings (SSSR count). The molecule has 0 bridgehead atoms. The van der Waals surface area contributed by atoms with Gasteiger partial charge in [-0.1, -0.05) is 24.6 Å². The highest BCUT2D eigenvalue weighted by Crippen LogP contribution is 2.43. The molecule has 0 amide bonds. The molecule has 1 fully saturated rings. The minimum atomic E-state index is -0.0565. The van der Waals surface area contributed by atoms with Crippen molar-refractivity contribution in [2.24, 2.45) is 0 Å². The van der Waals surface area contributed by atoms with Crippen molar-refractivity contribution >= 4 is 6.29 Å². The van der Waals surface area contributed by atoms with Gasteiger partial charge >= 0.3 is 0 Å². The monoisotopic (exact) mass is 190 g/mol. The number of benzene rings is 1. The van der Waals surface area contributed by atoms with Gasteiger partial charge in [0.05, 0.1) is 6.61 Å².